The van der Waals surface area contributed by atoms with Gasteiger partial charge in [0, 0.05) is 12.0 Å². The largest absolute Gasteiger partial charge is 0.480 e. The molecule has 0 spiro atoms. The van der Waals surface area contributed by atoms with Crippen molar-refractivity contribution in [3.05, 3.63) is 11.9 Å². The Morgan fingerprint density at radius 1 is 1.35 bits per heavy atom. The van der Waals surface area contributed by atoms with Gasteiger partial charge in [0.05, 0.1) is 6.20 Å². The zero-order valence-electron chi connectivity index (χ0n) is 15.8. The molecule has 1 aromatic heterocycles. The van der Waals surface area contributed by atoms with E-state index in [1.165, 1.54) is 37.1 Å². The number of rotatable bonds is 10. The number of unbranched alkanes of at least 4 members (excludes halogenated alkanes) is 3. The molecular weight excluding hydrogens is 336 g/mol. The molecule has 146 valence electrons. The van der Waals surface area contributed by atoms with Crippen LogP contribution in [0, 0.1) is 5.92 Å². The van der Waals surface area contributed by atoms with E-state index in [0.717, 1.165) is 12.8 Å². The molecule has 2 atom stereocenters. The zero-order valence-corrected chi connectivity index (χ0v) is 15.8. The maximum Gasteiger partial charge on any atom is 0.328 e. The molecule has 1 aromatic rings. The number of amides is 1. The van der Waals surface area contributed by atoms with Gasteiger partial charge in [-0.15, -0.1) is 5.10 Å². The number of aromatic nitrogens is 3. The van der Waals surface area contributed by atoms with Gasteiger partial charge in [-0.25, -0.2) is 9.48 Å². The van der Waals surface area contributed by atoms with Crippen molar-refractivity contribution in [2.24, 2.45) is 5.92 Å². The van der Waals surface area contributed by atoms with Gasteiger partial charge in [-0.3, -0.25) is 4.79 Å². The Balaban J connectivity index is 1.81. The fourth-order valence-electron chi connectivity index (χ4n) is 3.25. The van der Waals surface area contributed by atoms with Crippen LogP contribution >= 0.6 is 0 Å². The molecule has 8 heteroatoms. The third-order valence-electron chi connectivity index (χ3n) is 5.16. The molecule has 8 nitrogen and oxygen atoms in total. The van der Waals surface area contributed by atoms with Gasteiger partial charge in [-0.1, -0.05) is 37.8 Å². The molecule has 1 aliphatic rings. The second kappa shape index (κ2) is 8.62. The molecule has 1 fully saturated rings. The molecular formula is C18H30N4O4. The molecule has 0 aromatic carbocycles. The maximum atomic E-state index is 12.3. The van der Waals surface area contributed by atoms with Crippen LogP contribution < -0.4 is 5.32 Å². The molecule has 1 aliphatic carbocycles. The lowest BCUT2D eigenvalue weighted by atomic mass is 9.69. The van der Waals surface area contributed by atoms with E-state index < -0.39 is 17.6 Å². The SMILES string of the molecule is CCCCCCC(C)NC(=O)C1CC(O)(c2cn(C(C)C(=O)O)nn2)C1. The number of aliphatic hydroxyl groups is 1. The van der Waals surface area contributed by atoms with Gasteiger partial charge in [0.25, 0.3) is 0 Å². The van der Waals surface area contributed by atoms with Crippen LogP contribution in [0.4, 0.5) is 0 Å². The summed E-state index contributed by atoms with van der Waals surface area (Å²) < 4.78 is 1.21. The summed E-state index contributed by atoms with van der Waals surface area (Å²) in [5.41, 5.74) is -0.884. The first-order valence-electron chi connectivity index (χ1n) is 9.44. The van der Waals surface area contributed by atoms with Gasteiger partial charge in [0.15, 0.2) is 0 Å². The van der Waals surface area contributed by atoms with Crippen LogP contribution in [0.5, 0.6) is 0 Å². The first kappa shape index (κ1) is 20.4. The summed E-state index contributed by atoms with van der Waals surface area (Å²) in [6, 6.07) is -0.724. The van der Waals surface area contributed by atoms with Crippen molar-refractivity contribution >= 4 is 11.9 Å². The average Bonchev–Trinajstić information content (AvgIpc) is 3.05. The summed E-state index contributed by atoms with van der Waals surface area (Å²) in [5.74, 6) is -1.31. The van der Waals surface area contributed by atoms with E-state index >= 15 is 0 Å². The number of carbonyl (C=O) groups is 2. The van der Waals surface area contributed by atoms with Crippen LogP contribution in [0.3, 0.4) is 0 Å². The predicted molar refractivity (Wildman–Crippen MR) is 95.4 cm³/mol. The van der Waals surface area contributed by atoms with Gasteiger partial charge in [0.1, 0.15) is 17.3 Å². The summed E-state index contributed by atoms with van der Waals surface area (Å²) in [6.07, 6.45) is 7.67. The Morgan fingerprint density at radius 2 is 2.04 bits per heavy atom. The fourth-order valence-corrected chi connectivity index (χ4v) is 3.25. The monoisotopic (exact) mass is 366 g/mol. The van der Waals surface area contributed by atoms with Crippen molar-refractivity contribution in [1.82, 2.24) is 20.3 Å². The summed E-state index contributed by atoms with van der Waals surface area (Å²) in [7, 11) is 0. The molecule has 1 amide bonds. The van der Waals surface area contributed by atoms with Crippen molar-refractivity contribution in [3.8, 4) is 0 Å². The lowest BCUT2D eigenvalue weighted by Crippen LogP contribution is -2.50. The first-order chi connectivity index (χ1) is 12.3. The Labute approximate surface area is 154 Å². The predicted octanol–water partition coefficient (Wildman–Crippen LogP) is 2.00. The average molecular weight is 366 g/mol. The highest BCUT2D eigenvalue weighted by Gasteiger charge is 2.49. The first-order valence-corrected chi connectivity index (χ1v) is 9.44. The number of carboxylic acid groups (broad SMARTS) is 1. The second-order valence-electron chi connectivity index (χ2n) is 7.49. The van der Waals surface area contributed by atoms with E-state index in [2.05, 4.69) is 22.6 Å². The highest BCUT2D eigenvalue weighted by molar-refractivity contribution is 5.80. The van der Waals surface area contributed by atoms with Gasteiger partial charge < -0.3 is 15.5 Å². The minimum absolute atomic E-state index is 0.0380. The van der Waals surface area contributed by atoms with Gasteiger partial charge in [-0.2, -0.15) is 0 Å². The van der Waals surface area contributed by atoms with Crippen LogP contribution in [0.15, 0.2) is 6.20 Å². The quantitative estimate of drug-likeness (QED) is 0.545. The molecule has 2 rings (SSSR count). The second-order valence-corrected chi connectivity index (χ2v) is 7.49. The fraction of sp³-hybridized carbons (Fsp3) is 0.778. The number of hydrogen-bond donors (Lipinski definition) is 3. The lowest BCUT2D eigenvalue weighted by molar-refractivity contribution is -0.144. The van der Waals surface area contributed by atoms with Crippen LogP contribution in [-0.2, 0) is 15.2 Å². The number of carbonyl (C=O) groups excluding carboxylic acids is 1. The van der Waals surface area contributed by atoms with Crippen LogP contribution in [0.25, 0.3) is 0 Å². The van der Waals surface area contributed by atoms with Crippen LogP contribution in [-0.4, -0.2) is 43.1 Å². The summed E-state index contributed by atoms with van der Waals surface area (Å²) >= 11 is 0. The number of nitrogens with zero attached hydrogens (tertiary/aromatic N) is 3. The number of hydrogen-bond acceptors (Lipinski definition) is 5. The molecule has 1 saturated carbocycles. The van der Waals surface area contributed by atoms with Gasteiger partial charge in [0.2, 0.25) is 5.91 Å². The Bertz CT molecular complexity index is 624. The molecule has 0 aliphatic heterocycles. The van der Waals surface area contributed by atoms with Crippen molar-refractivity contribution < 1.29 is 19.8 Å². The third kappa shape index (κ3) is 4.81. The minimum atomic E-state index is -1.21. The lowest BCUT2D eigenvalue weighted by Gasteiger charge is -2.41. The Kier molecular flexibility index (Phi) is 6.75. The van der Waals surface area contributed by atoms with E-state index in [1.54, 1.807) is 0 Å². The van der Waals surface area contributed by atoms with Crippen LogP contribution in [0.1, 0.15) is 77.5 Å². The Hall–Kier alpha value is -1.96. The molecule has 26 heavy (non-hydrogen) atoms. The van der Waals surface area contributed by atoms with E-state index in [1.807, 2.05) is 6.92 Å². The summed E-state index contributed by atoms with van der Waals surface area (Å²) in [4.78, 5) is 23.3. The van der Waals surface area contributed by atoms with E-state index in [9.17, 15) is 14.7 Å². The van der Waals surface area contributed by atoms with Crippen molar-refractivity contribution in [3.63, 3.8) is 0 Å². The Morgan fingerprint density at radius 3 is 2.65 bits per heavy atom. The highest BCUT2D eigenvalue weighted by Crippen LogP contribution is 2.45. The van der Waals surface area contributed by atoms with Crippen molar-refractivity contribution in [2.75, 3.05) is 0 Å². The number of carboxylic acids is 1. The van der Waals surface area contributed by atoms with Crippen LogP contribution in [0.2, 0.25) is 0 Å². The maximum absolute atomic E-state index is 12.3. The molecule has 3 N–H and O–H groups in total. The standard InChI is InChI=1S/C18H30N4O4/c1-4-5-6-7-8-12(2)19-16(23)14-9-18(26,10-14)15-11-22(21-20-15)13(3)17(24)25/h11-14,26H,4-10H2,1-3H3,(H,19,23)(H,24,25). The molecule has 2 unspecified atom stereocenters. The molecule has 0 saturated heterocycles. The molecule has 0 bridgehead atoms. The molecule has 0 radical (unpaired) electrons. The van der Waals surface area contributed by atoms with E-state index in [0.29, 0.717) is 5.69 Å². The molecule has 1 heterocycles. The van der Waals surface area contributed by atoms with E-state index in [4.69, 9.17) is 5.11 Å². The number of aliphatic carboxylic acids is 1. The smallest absolute Gasteiger partial charge is 0.328 e. The summed E-state index contributed by atoms with van der Waals surface area (Å²) in [6.45, 7) is 5.67. The topological polar surface area (TPSA) is 117 Å². The van der Waals surface area contributed by atoms with Gasteiger partial charge in [-0.05, 0) is 33.1 Å². The van der Waals surface area contributed by atoms with Crippen molar-refractivity contribution in [1.29, 1.82) is 0 Å². The van der Waals surface area contributed by atoms with E-state index in [-0.39, 0.29) is 30.7 Å². The third-order valence-corrected chi connectivity index (χ3v) is 5.16. The minimum Gasteiger partial charge on any atom is -0.480 e. The zero-order chi connectivity index (χ0) is 19.3. The van der Waals surface area contributed by atoms with Crippen molar-refractivity contribution in [2.45, 2.75) is 83.4 Å². The number of nitrogens with one attached hydrogen (secondary N) is 1. The summed E-state index contributed by atoms with van der Waals surface area (Å²) in [5, 5.41) is 30.3. The van der Waals surface area contributed by atoms with Gasteiger partial charge >= 0.3 is 5.97 Å². The highest BCUT2D eigenvalue weighted by atomic mass is 16.4. The normalized spacial score (nSPS) is 24.5.